The van der Waals surface area contributed by atoms with E-state index in [1.165, 1.54) is 22.5 Å². The van der Waals surface area contributed by atoms with Crippen molar-refractivity contribution in [2.24, 2.45) is 0 Å². The number of nitrogens with zero attached hydrogens (tertiary/aromatic N) is 1. The highest BCUT2D eigenvalue weighted by molar-refractivity contribution is 7.14. The van der Waals surface area contributed by atoms with Gasteiger partial charge in [-0.2, -0.15) is 0 Å². The molecule has 2 N–H and O–H groups in total. The van der Waals surface area contributed by atoms with Gasteiger partial charge >= 0.3 is 0 Å². The molecule has 0 fully saturated rings. The van der Waals surface area contributed by atoms with Gasteiger partial charge in [-0.25, -0.2) is 4.98 Å². The summed E-state index contributed by atoms with van der Waals surface area (Å²) in [7, 11) is 0. The van der Waals surface area contributed by atoms with E-state index in [0.29, 0.717) is 17.2 Å². The number of carbonyl (C=O) groups excluding carboxylic acids is 2. The Morgan fingerprint density at radius 3 is 2.73 bits per heavy atom. The van der Waals surface area contributed by atoms with Crippen molar-refractivity contribution < 1.29 is 9.59 Å². The average Bonchev–Trinajstić information content (AvgIpc) is 3.36. The molecule has 2 amide bonds. The van der Waals surface area contributed by atoms with E-state index in [4.69, 9.17) is 0 Å². The topological polar surface area (TPSA) is 71.1 Å². The largest absolute Gasteiger partial charge is 0.349 e. The van der Waals surface area contributed by atoms with Crippen LogP contribution < -0.4 is 10.6 Å². The van der Waals surface area contributed by atoms with Gasteiger partial charge in [0.1, 0.15) is 0 Å². The molecule has 0 spiro atoms. The number of anilines is 1. The number of carbonyl (C=O) groups is 2. The third kappa shape index (κ3) is 4.79. The molecule has 1 aromatic carbocycles. The second-order valence-electron chi connectivity index (χ2n) is 8.25. The first-order chi connectivity index (χ1) is 14.4. The third-order valence-corrected chi connectivity index (χ3v) is 7.20. The van der Waals surface area contributed by atoms with Crippen molar-refractivity contribution >= 4 is 39.6 Å². The summed E-state index contributed by atoms with van der Waals surface area (Å²) in [4.78, 5) is 30.2. The highest BCUT2D eigenvalue weighted by atomic mass is 32.1. The molecule has 1 atom stereocenters. The number of thiazole rings is 1. The van der Waals surface area contributed by atoms with Crippen LogP contribution in [-0.4, -0.2) is 16.8 Å². The van der Waals surface area contributed by atoms with Crippen molar-refractivity contribution in [1.29, 1.82) is 0 Å². The molecular formula is C23H25N3O2S2. The van der Waals surface area contributed by atoms with Gasteiger partial charge in [-0.1, -0.05) is 44.2 Å². The predicted molar refractivity (Wildman–Crippen MR) is 122 cm³/mol. The maximum atomic E-state index is 12.7. The number of amides is 2. The Bertz CT molecular complexity index is 1040. The minimum atomic E-state index is -0.0933. The Labute approximate surface area is 184 Å². The molecule has 7 heteroatoms. The van der Waals surface area contributed by atoms with Crippen LogP contribution in [-0.2, 0) is 27.8 Å². The Balaban J connectivity index is 1.34. The molecule has 1 aliphatic carbocycles. The minimum absolute atomic E-state index is 0.0327. The second-order valence-corrected chi connectivity index (χ2v) is 10.1. The summed E-state index contributed by atoms with van der Waals surface area (Å²) in [6, 6.07) is 12.3. The predicted octanol–water partition coefficient (Wildman–Crippen LogP) is 4.86. The molecule has 2 heterocycles. The highest BCUT2D eigenvalue weighted by Gasteiger charge is 2.32. The summed E-state index contributed by atoms with van der Waals surface area (Å²) in [5.41, 5.74) is 3.32. The maximum Gasteiger partial charge on any atom is 0.231 e. The van der Waals surface area contributed by atoms with Crippen molar-refractivity contribution in [3.05, 3.63) is 68.9 Å². The Hall–Kier alpha value is -2.51. The molecule has 0 radical (unpaired) electrons. The van der Waals surface area contributed by atoms with E-state index in [9.17, 15) is 9.59 Å². The number of hydrogen-bond donors (Lipinski definition) is 2. The molecule has 0 saturated heterocycles. The minimum Gasteiger partial charge on any atom is -0.349 e. The first-order valence-electron chi connectivity index (χ1n) is 10.1. The van der Waals surface area contributed by atoms with Gasteiger partial charge in [0.2, 0.25) is 11.8 Å². The van der Waals surface area contributed by atoms with Crippen molar-refractivity contribution in [2.45, 2.75) is 51.0 Å². The van der Waals surface area contributed by atoms with Crippen LogP contribution in [0.15, 0.2) is 47.2 Å². The summed E-state index contributed by atoms with van der Waals surface area (Å²) >= 11 is 2.90. The zero-order chi connectivity index (χ0) is 21.1. The number of benzene rings is 1. The zero-order valence-corrected chi connectivity index (χ0v) is 18.7. The molecule has 4 rings (SSSR count). The van der Waals surface area contributed by atoms with Crippen molar-refractivity contribution in [3.63, 3.8) is 0 Å². The summed E-state index contributed by atoms with van der Waals surface area (Å²) in [5, 5.41) is 10.3. The van der Waals surface area contributed by atoms with Gasteiger partial charge in [-0.15, -0.1) is 22.7 Å². The van der Waals surface area contributed by atoms with Crippen LogP contribution in [0, 0.1) is 0 Å². The standard InChI is InChI=1S/C23H25N3O2S2/c1-23(2)10-9-19(17-7-3-4-8-18(17)23)25-20(27)12-15-14-30-22(24-15)26-21(28)13-16-6-5-11-29-16/h3-8,11,14,19H,9-10,12-13H2,1-2H3,(H,25,27)(H,24,26,28). The molecule has 0 saturated carbocycles. The van der Waals surface area contributed by atoms with E-state index in [1.54, 1.807) is 11.3 Å². The summed E-state index contributed by atoms with van der Waals surface area (Å²) in [5.74, 6) is -0.138. The smallest absolute Gasteiger partial charge is 0.231 e. The van der Waals surface area contributed by atoms with Gasteiger partial charge in [0.15, 0.2) is 5.13 Å². The van der Waals surface area contributed by atoms with Crippen LogP contribution >= 0.6 is 22.7 Å². The van der Waals surface area contributed by atoms with Gasteiger partial charge < -0.3 is 10.6 Å². The Morgan fingerprint density at radius 2 is 1.93 bits per heavy atom. The first kappa shape index (κ1) is 20.8. The molecule has 156 valence electrons. The molecule has 0 bridgehead atoms. The van der Waals surface area contributed by atoms with Crippen molar-refractivity contribution in [3.8, 4) is 0 Å². The van der Waals surface area contributed by atoms with E-state index in [1.807, 2.05) is 29.0 Å². The molecule has 0 aliphatic heterocycles. The molecule has 30 heavy (non-hydrogen) atoms. The monoisotopic (exact) mass is 439 g/mol. The number of fused-ring (bicyclic) bond motifs is 1. The zero-order valence-electron chi connectivity index (χ0n) is 17.1. The second kappa shape index (κ2) is 8.70. The fourth-order valence-electron chi connectivity index (χ4n) is 3.95. The fourth-order valence-corrected chi connectivity index (χ4v) is 5.38. The SMILES string of the molecule is CC1(C)CCC(NC(=O)Cc2csc(NC(=O)Cc3cccs3)n2)c2ccccc21. The maximum absolute atomic E-state index is 12.7. The van der Waals surface area contributed by atoms with Crippen LogP contribution in [0.1, 0.15) is 54.4 Å². The fraction of sp³-hybridized carbons (Fsp3) is 0.348. The molecule has 3 aromatic rings. The number of thiophene rings is 1. The van der Waals surface area contributed by atoms with Gasteiger partial charge in [-0.3, -0.25) is 9.59 Å². The quantitative estimate of drug-likeness (QED) is 0.576. The van der Waals surface area contributed by atoms with E-state index in [2.05, 4.69) is 47.7 Å². The summed E-state index contributed by atoms with van der Waals surface area (Å²) < 4.78 is 0. The van der Waals surface area contributed by atoms with Crippen LogP contribution in [0.5, 0.6) is 0 Å². The van der Waals surface area contributed by atoms with Gasteiger partial charge in [0.05, 0.1) is 24.6 Å². The number of hydrogen-bond acceptors (Lipinski definition) is 5. The number of rotatable bonds is 6. The van der Waals surface area contributed by atoms with E-state index >= 15 is 0 Å². The van der Waals surface area contributed by atoms with Crippen LogP contribution in [0.4, 0.5) is 5.13 Å². The van der Waals surface area contributed by atoms with Crippen molar-refractivity contribution in [2.75, 3.05) is 5.32 Å². The lowest BCUT2D eigenvalue weighted by Crippen LogP contribution is -2.36. The van der Waals surface area contributed by atoms with Crippen LogP contribution in [0.3, 0.4) is 0 Å². The van der Waals surface area contributed by atoms with Gasteiger partial charge in [0, 0.05) is 10.3 Å². The molecule has 1 unspecified atom stereocenters. The molecule has 2 aromatic heterocycles. The highest BCUT2D eigenvalue weighted by Crippen LogP contribution is 2.41. The van der Waals surface area contributed by atoms with Gasteiger partial charge in [0.25, 0.3) is 0 Å². The van der Waals surface area contributed by atoms with E-state index in [0.717, 1.165) is 17.7 Å². The summed E-state index contributed by atoms with van der Waals surface area (Å²) in [6.45, 7) is 4.51. The molecule has 1 aliphatic rings. The van der Waals surface area contributed by atoms with E-state index in [-0.39, 0.29) is 29.7 Å². The molecule has 5 nitrogen and oxygen atoms in total. The van der Waals surface area contributed by atoms with E-state index < -0.39 is 0 Å². The van der Waals surface area contributed by atoms with Crippen LogP contribution in [0.2, 0.25) is 0 Å². The summed E-state index contributed by atoms with van der Waals surface area (Å²) in [6.07, 6.45) is 2.51. The van der Waals surface area contributed by atoms with Gasteiger partial charge in [-0.05, 0) is 40.8 Å². The Kier molecular flexibility index (Phi) is 6.01. The number of aromatic nitrogens is 1. The third-order valence-electron chi connectivity index (χ3n) is 5.51. The van der Waals surface area contributed by atoms with Crippen molar-refractivity contribution in [1.82, 2.24) is 10.3 Å². The molecular weight excluding hydrogens is 414 g/mol. The lowest BCUT2D eigenvalue weighted by Gasteiger charge is -2.37. The lowest BCUT2D eigenvalue weighted by molar-refractivity contribution is -0.121. The first-order valence-corrected chi connectivity index (χ1v) is 11.8. The lowest BCUT2D eigenvalue weighted by atomic mass is 9.71. The van der Waals surface area contributed by atoms with Crippen LogP contribution in [0.25, 0.3) is 0 Å². The number of nitrogens with one attached hydrogen (secondary N) is 2. The average molecular weight is 440 g/mol. The Morgan fingerprint density at radius 1 is 1.10 bits per heavy atom. The normalized spacial score (nSPS) is 17.2.